The number of benzene rings is 2. The number of hydrogen-bond acceptors (Lipinski definition) is 3. The van der Waals surface area contributed by atoms with Crippen molar-refractivity contribution in [2.75, 3.05) is 19.0 Å². The molecule has 0 bridgehead atoms. The van der Waals surface area contributed by atoms with Crippen LogP contribution in [0.3, 0.4) is 0 Å². The second kappa shape index (κ2) is 8.20. The fourth-order valence-corrected chi connectivity index (χ4v) is 2.49. The molecule has 0 spiro atoms. The molecule has 2 rings (SSSR count). The van der Waals surface area contributed by atoms with Crippen LogP contribution in [0.15, 0.2) is 42.5 Å². The average Bonchev–Trinajstić information content (AvgIpc) is 2.52. The molecule has 0 saturated heterocycles. The second-order valence-corrected chi connectivity index (χ2v) is 5.62. The summed E-state index contributed by atoms with van der Waals surface area (Å²) in [5.41, 5.74) is 4.00. The van der Waals surface area contributed by atoms with Crippen LogP contribution in [0.5, 0.6) is 11.5 Å². The lowest BCUT2D eigenvalue weighted by Gasteiger charge is -2.12. The highest BCUT2D eigenvalue weighted by atomic mass is 16.5. The van der Waals surface area contributed by atoms with Crippen molar-refractivity contribution < 1.29 is 14.3 Å². The molecule has 0 aliphatic heterocycles. The summed E-state index contributed by atoms with van der Waals surface area (Å²) in [4.78, 5) is 12.1. The number of rotatable bonds is 6. The first-order valence-corrected chi connectivity index (χ1v) is 7.83. The first kappa shape index (κ1) is 17.6. The summed E-state index contributed by atoms with van der Waals surface area (Å²) in [6, 6.07) is 11.5. The van der Waals surface area contributed by atoms with Gasteiger partial charge in [0.2, 0.25) is 0 Å². The molecule has 0 radical (unpaired) electrons. The quantitative estimate of drug-likeness (QED) is 0.858. The number of ether oxygens (including phenoxy) is 2. The number of carbonyl (C=O) groups is 1. The first-order valence-electron chi connectivity index (χ1n) is 7.83. The van der Waals surface area contributed by atoms with E-state index in [-0.39, 0.29) is 12.5 Å². The molecule has 4 nitrogen and oxygen atoms in total. The van der Waals surface area contributed by atoms with E-state index < -0.39 is 0 Å². The Morgan fingerprint density at radius 1 is 1.08 bits per heavy atom. The number of allylic oxidation sites excluding steroid dienone is 1. The third-order valence-corrected chi connectivity index (χ3v) is 3.41. The zero-order valence-corrected chi connectivity index (χ0v) is 14.6. The monoisotopic (exact) mass is 325 g/mol. The molecule has 0 heterocycles. The predicted octanol–water partition coefficient (Wildman–Crippen LogP) is 4.36. The lowest BCUT2D eigenvalue weighted by molar-refractivity contribution is -0.118. The van der Waals surface area contributed by atoms with Crippen LogP contribution in [0.4, 0.5) is 5.69 Å². The molecule has 0 aliphatic rings. The first-order chi connectivity index (χ1) is 11.5. The van der Waals surface area contributed by atoms with E-state index in [4.69, 9.17) is 9.47 Å². The van der Waals surface area contributed by atoms with Crippen molar-refractivity contribution in [1.29, 1.82) is 0 Å². The van der Waals surface area contributed by atoms with Crippen LogP contribution in [-0.2, 0) is 4.79 Å². The molecule has 24 heavy (non-hydrogen) atoms. The summed E-state index contributed by atoms with van der Waals surface area (Å²) in [6.45, 7) is 5.87. The third kappa shape index (κ3) is 4.88. The molecular formula is C20H23NO3. The molecule has 0 unspecified atom stereocenters. The van der Waals surface area contributed by atoms with Crippen molar-refractivity contribution in [3.8, 4) is 11.5 Å². The van der Waals surface area contributed by atoms with Crippen LogP contribution in [0.1, 0.15) is 23.6 Å². The maximum atomic E-state index is 12.1. The van der Waals surface area contributed by atoms with E-state index in [9.17, 15) is 4.79 Å². The molecule has 126 valence electrons. The second-order valence-electron chi connectivity index (χ2n) is 5.62. The Balaban J connectivity index is 2.00. The van der Waals surface area contributed by atoms with Gasteiger partial charge in [0.15, 0.2) is 18.1 Å². The summed E-state index contributed by atoms with van der Waals surface area (Å²) in [5, 5.41) is 2.85. The Labute approximate surface area is 143 Å². The molecule has 2 aromatic rings. The summed E-state index contributed by atoms with van der Waals surface area (Å²) in [6.07, 6.45) is 3.92. The lowest BCUT2D eigenvalue weighted by atomic mass is 10.1. The summed E-state index contributed by atoms with van der Waals surface area (Å²) in [7, 11) is 1.58. The van der Waals surface area contributed by atoms with Gasteiger partial charge in [-0.2, -0.15) is 0 Å². The Kier molecular flexibility index (Phi) is 6.01. The standard InChI is InChI=1S/C20H23NO3/c1-5-6-16-7-8-18(19(12-16)23-4)24-13-20(22)21-17-10-14(2)9-15(3)11-17/h5-12H,13H2,1-4H3,(H,21,22)/b6-5+. The minimum Gasteiger partial charge on any atom is -0.493 e. The summed E-state index contributed by atoms with van der Waals surface area (Å²) >= 11 is 0. The van der Waals surface area contributed by atoms with Crippen LogP contribution >= 0.6 is 0 Å². The number of aryl methyl sites for hydroxylation is 2. The number of carbonyl (C=O) groups excluding carboxylic acids is 1. The maximum absolute atomic E-state index is 12.1. The van der Waals surface area contributed by atoms with E-state index in [0.717, 1.165) is 22.4 Å². The van der Waals surface area contributed by atoms with Gasteiger partial charge < -0.3 is 14.8 Å². The molecule has 1 N–H and O–H groups in total. The zero-order valence-electron chi connectivity index (χ0n) is 14.6. The smallest absolute Gasteiger partial charge is 0.262 e. The molecule has 0 aliphatic carbocycles. The highest BCUT2D eigenvalue weighted by Crippen LogP contribution is 2.28. The Morgan fingerprint density at radius 2 is 1.79 bits per heavy atom. The summed E-state index contributed by atoms with van der Waals surface area (Å²) in [5.74, 6) is 0.936. The third-order valence-electron chi connectivity index (χ3n) is 3.41. The van der Waals surface area contributed by atoms with E-state index in [1.54, 1.807) is 13.2 Å². The molecule has 4 heteroatoms. The number of anilines is 1. The van der Waals surface area contributed by atoms with Gasteiger partial charge in [0, 0.05) is 5.69 Å². The van der Waals surface area contributed by atoms with Crippen molar-refractivity contribution >= 4 is 17.7 Å². The van der Waals surface area contributed by atoms with Crippen molar-refractivity contribution in [3.05, 3.63) is 59.2 Å². The van der Waals surface area contributed by atoms with Gasteiger partial charge >= 0.3 is 0 Å². The van der Waals surface area contributed by atoms with Crippen molar-refractivity contribution in [2.45, 2.75) is 20.8 Å². The van der Waals surface area contributed by atoms with Gasteiger partial charge in [-0.3, -0.25) is 4.79 Å². The summed E-state index contributed by atoms with van der Waals surface area (Å²) < 4.78 is 10.9. The van der Waals surface area contributed by atoms with Crippen LogP contribution in [0.2, 0.25) is 0 Å². The van der Waals surface area contributed by atoms with Gasteiger partial charge in [0.25, 0.3) is 5.91 Å². The average molecular weight is 325 g/mol. The minimum atomic E-state index is -0.209. The van der Waals surface area contributed by atoms with E-state index in [1.807, 2.05) is 57.2 Å². The van der Waals surface area contributed by atoms with Crippen molar-refractivity contribution in [2.24, 2.45) is 0 Å². The molecule has 0 fully saturated rings. The van der Waals surface area contributed by atoms with Gasteiger partial charge in [-0.1, -0.05) is 24.3 Å². The molecular weight excluding hydrogens is 302 g/mol. The SMILES string of the molecule is C/C=C/c1ccc(OCC(=O)Nc2cc(C)cc(C)c2)c(OC)c1. The molecule has 0 atom stereocenters. The Hall–Kier alpha value is -2.75. The fraction of sp³-hybridized carbons (Fsp3) is 0.250. The highest BCUT2D eigenvalue weighted by Gasteiger charge is 2.09. The van der Waals surface area contributed by atoms with Crippen molar-refractivity contribution in [3.63, 3.8) is 0 Å². The van der Waals surface area contributed by atoms with E-state index in [1.165, 1.54) is 0 Å². The van der Waals surface area contributed by atoms with Crippen LogP contribution in [-0.4, -0.2) is 19.6 Å². The normalized spacial score (nSPS) is 10.7. The zero-order chi connectivity index (χ0) is 17.5. The van der Waals surface area contributed by atoms with Crippen LogP contribution in [0.25, 0.3) is 6.08 Å². The number of methoxy groups -OCH3 is 1. The number of amides is 1. The predicted molar refractivity (Wildman–Crippen MR) is 97.7 cm³/mol. The van der Waals surface area contributed by atoms with Gasteiger partial charge in [0.05, 0.1) is 7.11 Å². The maximum Gasteiger partial charge on any atom is 0.262 e. The van der Waals surface area contributed by atoms with Gasteiger partial charge in [-0.05, 0) is 61.7 Å². The Bertz CT molecular complexity index is 730. The largest absolute Gasteiger partial charge is 0.493 e. The van der Waals surface area contributed by atoms with Crippen LogP contribution in [0, 0.1) is 13.8 Å². The molecule has 1 amide bonds. The molecule has 2 aromatic carbocycles. The van der Waals surface area contributed by atoms with E-state index in [0.29, 0.717) is 11.5 Å². The fourth-order valence-electron chi connectivity index (χ4n) is 2.49. The van der Waals surface area contributed by atoms with E-state index in [2.05, 4.69) is 11.4 Å². The van der Waals surface area contributed by atoms with Gasteiger partial charge in [0.1, 0.15) is 0 Å². The lowest BCUT2D eigenvalue weighted by Crippen LogP contribution is -2.20. The minimum absolute atomic E-state index is 0.0771. The Morgan fingerprint density at radius 3 is 2.42 bits per heavy atom. The highest BCUT2D eigenvalue weighted by molar-refractivity contribution is 5.92. The molecule has 0 aromatic heterocycles. The van der Waals surface area contributed by atoms with E-state index >= 15 is 0 Å². The van der Waals surface area contributed by atoms with Gasteiger partial charge in [-0.15, -0.1) is 0 Å². The van der Waals surface area contributed by atoms with Crippen molar-refractivity contribution in [1.82, 2.24) is 0 Å². The van der Waals surface area contributed by atoms with Gasteiger partial charge in [-0.25, -0.2) is 0 Å². The van der Waals surface area contributed by atoms with Crippen LogP contribution < -0.4 is 14.8 Å². The topological polar surface area (TPSA) is 47.6 Å². The molecule has 0 saturated carbocycles. The number of nitrogens with one attached hydrogen (secondary N) is 1. The number of hydrogen-bond donors (Lipinski definition) is 1.